The topological polar surface area (TPSA) is 87.7 Å². The molecular weight excluding hydrogens is 418 g/mol. The highest BCUT2D eigenvalue weighted by molar-refractivity contribution is 5.99. The molecule has 33 heavy (non-hydrogen) atoms. The molecule has 0 saturated carbocycles. The van der Waals surface area contributed by atoms with Gasteiger partial charge in [0.25, 0.3) is 5.91 Å². The van der Waals surface area contributed by atoms with E-state index in [1.807, 2.05) is 75.4 Å². The number of hydrogen-bond donors (Lipinski definition) is 2. The van der Waals surface area contributed by atoms with Crippen molar-refractivity contribution in [2.75, 3.05) is 11.9 Å². The minimum Gasteiger partial charge on any atom is -0.444 e. The van der Waals surface area contributed by atoms with E-state index in [0.717, 1.165) is 5.56 Å². The first kappa shape index (κ1) is 25.9. The van der Waals surface area contributed by atoms with Crippen molar-refractivity contribution in [1.29, 1.82) is 0 Å². The molecule has 0 aliphatic carbocycles. The lowest BCUT2D eigenvalue weighted by Gasteiger charge is -2.36. The maximum atomic E-state index is 13.5. The summed E-state index contributed by atoms with van der Waals surface area (Å²) in [5, 5.41) is 5.49. The number of aryl methyl sites for hydroxylation is 1. The van der Waals surface area contributed by atoms with E-state index in [1.165, 1.54) is 0 Å². The smallest absolute Gasteiger partial charge is 0.408 e. The second-order valence-corrected chi connectivity index (χ2v) is 9.03. The van der Waals surface area contributed by atoms with Crippen molar-refractivity contribution >= 4 is 23.6 Å². The first-order chi connectivity index (χ1) is 15.5. The lowest BCUT2D eigenvalue weighted by Crippen LogP contribution is -2.50. The van der Waals surface area contributed by atoms with E-state index in [4.69, 9.17) is 4.74 Å². The lowest BCUT2D eigenvalue weighted by molar-refractivity contribution is -0.140. The van der Waals surface area contributed by atoms with E-state index in [-0.39, 0.29) is 24.4 Å². The Bertz CT molecular complexity index is 954. The molecule has 0 heterocycles. The predicted octanol–water partition coefficient (Wildman–Crippen LogP) is 4.83. The summed E-state index contributed by atoms with van der Waals surface area (Å²) in [6.45, 7) is 10.7. The largest absolute Gasteiger partial charge is 0.444 e. The van der Waals surface area contributed by atoms with Crippen molar-refractivity contribution in [3.8, 4) is 0 Å². The summed E-state index contributed by atoms with van der Waals surface area (Å²) in [7, 11) is 0. The van der Waals surface area contributed by atoms with Crippen LogP contribution in [0, 0.1) is 6.92 Å². The normalized spacial score (nSPS) is 12.9. The number of anilines is 1. The van der Waals surface area contributed by atoms with Gasteiger partial charge in [0.15, 0.2) is 0 Å². The Balaban J connectivity index is 2.34. The Morgan fingerprint density at radius 3 is 2.18 bits per heavy atom. The third kappa shape index (κ3) is 7.63. The minimum absolute atomic E-state index is 0.245. The molecule has 0 aliphatic heterocycles. The fourth-order valence-electron chi connectivity index (χ4n) is 3.38. The Kier molecular flexibility index (Phi) is 9.02. The summed E-state index contributed by atoms with van der Waals surface area (Å²) in [6.07, 6.45) is -0.0420. The van der Waals surface area contributed by atoms with E-state index >= 15 is 0 Å². The summed E-state index contributed by atoms with van der Waals surface area (Å²) in [5.74, 6) is -0.689. The number of nitrogens with one attached hydrogen (secondary N) is 2. The first-order valence-corrected chi connectivity index (χ1v) is 11.2. The average molecular weight is 454 g/mol. The zero-order valence-corrected chi connectivity index (χ0v) is 20.3. The number of ether oxygens (including phenoxy) is 1. The number of benzene rings is 2. The zero-order chi connectivity index (χ0) is 24.6. The van der Waals surface area contributed by atoms with E-state index in [2.05, 4.69) is 10.6 Å². The number of carbonyl (C=O) groups excluding carboxylic acids is 3. The summed E-state index contributed by atoms with van der Waals surface area (Å²) in [5.41, 5.74) is 1.62. The number of hydrogen-bond acceptors (Lipinski definition) is 4. The monoisotopic (exact) mass is 453 g/mol. The van der Waals surface area contributed by atoms with Crippen LogP contribution >= 0.6 is 0 Å². The van der Waals surface area contributed by atoms with Crippen molar-refractivity contribution in [2.45, 2.75) is 65.6 Å². The highest BCUT2D eigenvalue weighted by Crippen LogP contribution is 2.27. The fraction of sp³-hybridized carbons (Fsp3) is 0.423. The van der Waals surface area contributed by atoms with Crippen molar-refractivity contribution in [1.82, 2.24) is 10.2 Å². The molecule has 2 aromatic carbocycles. The molecule has 7 nitrogen and oxygen atoms in total. The molecule has 0 aliphatic rings. The zero-order valence-electron chi connectivity index (χ0n) is 20.3. The van der Waals surface area contributed by atoms with Gasteiger partial charge in [-0.2, -0.15) is 0 Å². The highest BCUT2D eigenvalue weighted by atomic mass is 16.6. The first-order valence-electron chi connectivity index (χ1n) is 11.2. The average Bonchev–Trinajstić information content (AvgIpc) is 2.76. The lowest BCUT2D eigenvalue weighted by atomic mass is 10.0. The van der Waals surface area contributed by atoms with E-state index in [9.17, 15) is 14.4 Å². The molecule has 2 atom stereocenters. The summed E-state index contributed by atoms with van der Waals surface area (Å²) in [4.78, 5) is 40.5. The highest BCUT2D eigenvalue weighted by Gasteiger charge is 2.34. The van der Waals surface area contributed by atoms with Gasteiger partial charge in [0, 0.05) is 11.7 Å². The maximum absolute atomic E-state index is 13.5. The van der Waals surface area contributed by atoms with Crippen LogP contribution in [0.15, 0.2) is 54.6 Å². The van der Waals surface area contributed by atoms with Gasteiger partial charge in [-0.3, -0.25) is 9.59 Å². The maximum Gasteiger partial charge on any atom is 0.408 e. The van der Waals surface area contributed by atoms with Gasteiger partial charge in [-0.25, -0.2) is 4.79 Å². The predicted molar refractivity (Wildman–Crippen MR) is 130 cm³/mol. The molecule has 0 fully saturated rings. The second kappa shape index (κ2) is 11.5. The van der Waals surface area contributed by atoms with Crippen molar-refractivity contribution in [3.63, 3.8) is 0 Å². The molecule has 2 aromatic rings. The molecule has 0 radical (unpaired) electrons. The quantitative estimate of drug-likeness (QED) is 0.599. The van der Waals surface area contributed by atoms with Crippen LogP contribution in [0.1, 0.15) is 58.2 Å². The fourth-order valence-corrected chi connectivity index (χ4v) is 3.38. The van der Waals surface area contributed by atoms with Crippen molar-refractivity contribution in [2.24, 2.45) is 0 Å². The van der Waals surface area contributed by atoms with Gasteiger partial charge in [-0.1, -0.05) is 55.5 Å². The molecule has 2 rings (SSSR count). The molecule has 7 heteroatoms. The van der Waals surface area contributed by atoms with Crippen LogP contribution in [-0.2, 0) is 14.3 Å². The van der Waals surface area contributed by atoms with Gasteiger partial charge in [-0.05, 0) is 58.2 Å². The molecule has 2 unspecified atom stereocenters. The van der Waals surface area contributed by atoms with Gasteiger partial charge < -0.3 is 20.3 Å². The van der Waals surface area contributed by atoms with Crippen molar-refractivity contribution in [3.05, 3.63) is 65.7 Å². The Hall–Kier alpha value is -3.35. The third-order valence-corrected chi connectivity index (χ3v) is 5.18. The Morgan fingerprint density at radius 2 is 1.61 bits per heavy atom. The summed E-state index contributed by atoms with van der Waals surface area (Å²) < 4.78 is 5.24. The van der Waals surface area contributed by atoms with Crippen LogP contribution in [0.4, 0.5) is 10.5 Å². The molecule has 178 valence electrons. The molecule has 0 spiro atoms. The molecule has 0 saturated heterocycles. The van der Waals surface area contributed by atoms with Crippen LogP contribution in [0.2, 0.25) is 0 Å². The number of alkyl carbamates (subject to hydrolysis) is 1. The van der Waals surface area contributed by atoms with Crippen LogP contribution in [0.3, 0.4) is 0 Å². The SMILES string of the molecule is CCC(C)N(C(=O)CNC(=O)OC(C)(C)C)C(C(=O)Nc1ccccc1C)c1ccccc1. The van der Waals surface area contributed by atoms with E-state index in [1.54, 1.807) is 25.7 Å². The van der Waals surface area contributed by atoms with Crippen LogP contribution in [0.25, 0.3) is 0 Å². The number of para-hydroxylation sites is 1. The molecule has 2 N–H and O–H groups in total. The van der Waals surface area contributed by atoms with E-state index in [0.29, 0.717) is 17.7 Å². The molecule has 0 aromatic heterocycles. The standard InChI is InChI=1S/C26H35N3O4/c1-7-19(3)29(22(30)17-27-25(32)33-26(4,5)6)23(20-14-9-8-10-15-20)24(31)28-21-16-12-11-13-18(21)2/h8-16,19,23H,7,17H2,1-6H3,(H,27,32)(H,28,31). The van der Waals surface area contributed by atoms with Crippen LogP contribution in [-0.4, -0.2) is 41.0 Å². The molecular formula is C26H35N3O4. The summed E-state index contributed by atoms with van der Waals surface area (Å²) >= 11 is 0. The van der Waals surface area contributed by atoms with Gasteiger partial charge in [-0.15, -0.1) is 0 Å². The van der Waals surface area contributed by atoms with Gasteiger partial charge in [0.1, 0.15) is 18.2 Å². The van der Waals surface area contributed by atoms with E-state index < -0.39 is 17.7 Å². The number of rotatable bonds is 8. The van der Waals surface area contributed by atoms with Crippen LogP contribution < -0.4 is 10.6 Å². The van der Waals surface area contributed by atoms with Crippen LogP contribution in [0.5, 0.6) is 0 Å². The van der Waals surface area contributed by atoms with Gasteiger partial charge >= 0.3 is 6.09 Å². The third-order valence-electron chi connectivity index (χ3n) is 5.18. The van der Waals surface area contributed by atoms with Gasteiger partial charge in [0.05, 0.1) is 0 Å². The summed E-state index contributed by atoms with van der Waals surface area (Å²) in [6, 6.07) is 15.6. The minimum atomic E-state index is -0.867. The molecule has 3 amide bonds. The second-order valence-electron chi connectivity index (χ2n) is 9.03. The van der Waals surface area contributed by atoms with Gasteiger partial charge in [0.2, 0.25) is 5.91 Å². The Labute approximate surface area is 196 Å². The number of carbonyl (C=O) groups is 3. The molecule has 0 bridgehead atoms. The van der Waals surface area contributed by atoms with Crippen molar-refractivity contribution < 1.29 is 19.1 Å². The number of nitrogens with zero attached hydrogens (tertiary/aromatic N) is 1. The number of amides is 3. The Morgan fingerprint density at radius 1 is 1.00 bits per heavy atom.